The summed E-state index contributed by atoms with van der Waals surface area (Å²) in [5, 5.41) is 0. The molecule has 2 heteroatoms. The minimum atomic E-state index is 0.0300. The number of carbonyl (C=O) groups is 1. The average molecular weight is 226 g/mol. The molecule has 0 spiro atoms. The molecule has 1 atom stereocenters. The molecule has 1 aliphatic heterocycles. The number of esters is 1. The van der Waals surface area contributed by atoms with E-state index >= 15 is 0 Å². The van der Waals surface area contributed by atoms with Gasteiger partial charge in [-0.3, -0.25) is 4.79 Å². The van der Waals surface area contributed by atoms with Crippen molar-refractivity contribution in [2.24, 2.45) is 0 Å². The van der Waals surface area contributed by atoms with Crippen LogP contribution in [0.3, 0.4) is 0 Å². The minimum absolute atomic E-state index is 0.0300. The highest BCUT2D eigenvalue weighted by molar-refractivity contribution is 5.69. The fraction of sp³-hybridized carbons (Fsp3) is 0.929. The summed E-state index contributed by atoms with van der Waals surface area (Å²) in [5.41, 5.74) is 0. The summed E-state index contributed by atoms with van der Waals surface area (Å²) in [6.45, 7) is 2.22. The predicted molar refractivity (Wildman–Crippen MR) is 66.3 cm³/mol. The molecular weight excluding hydrogens is 200 g/mol. The molecule has 0 bridgehead atoms. The lowest BCUT2D eigenvalue weighted by Crippen LogP contribution is -2.17. The molecule has 1 unspecified atom stereocenters. The molecule has 1 saturated heterocycles. The first-order valence-electron chi connectivity index (χ1n) is 7.02. The monoisotopic (exact) mass is 226 g/mol. The third-order valence-electron chi connectivity index (χ3n) is 3.33. The normalized spacial score (nSPS) is 23.1. The van der Waals surface area contributed by atoms with Crippen LogP contribution in [0, 0.1) is 0 Å². The van der Waals surface area contributed by atoms with Crippen molar-refractivity contribution in [1.82, 2.24) is 0 Å². The Morgan fingerprint density at radius 1 is 1.12 bits per heavy atom. The lowest BCUT2D eigenvalue weighted by molar-refractivity contribution is -0.149. The van der Waals surface area contributed by atoms with E-state index < -0.39 is 0 Å². The molecule has 0 aromatic carbocycles. The third kappa shape index (κ3) is 6.14. The van der Waals surface area contributed by atoms with E-state index in [2.05, 4.69) is 6.92 Å². The Hall–Kier alpha value is -0.530. The van der Waals surface area contributed by atoms with Gasteiger partial charge in [-0.1, -0.05) is 39.0 Å². The maximum atomic E-state index is 11.5. The van der Waals surface area contributed by atoms with Crippen molar-refractivity contribution in [2.75, 3.05) is 0 Å². The van der Waals surface area contributed by atoms with E-state index in [0.717, 1.165) is 19.3 Å². The topological polar surface area (TPSA) is 26.3 Å². The van der Waals surface area contributed by atoms with Gasteiger partial charge in [-0.25, -0.2) is 0 Å². The molecule has 16 heavy (non-hydrogen) atoms. The van der Waals surface area contributed by atoms with Crippen LogP contribution in [0.2, 0.25) is 0 Å². The van der Waals surface area contributed by atoms with Crippen molar-refractivity contribution in [1.29, 1.82) is 0 Å². The van der Waals surface area contributed by atoms with Gasteiger partial charge >= 0.3 is 5.97 Å². The molecule has 1 aliphatic rings. The predicted octanol–water partition coefficient (Wildman–Crippen LogP) is 4.22. The second-order valence-corrected chi connectivity index (χ2v) is 4.91. The second-order valence-electron chi connectivity index (χ2n) is 4.91. The molecule has 0 saturated carbocycles. The van der Waals surface area contributed by atoms with E-state index in [0.29, 0.717) is 6.42 Å². The van der Waals surface area contributed by atoms with Gasteiger partial charge in [0, 0.05) is 6.42 Å². The first-order chi connectivity index (χ1) is 7.83. The summed E-state index contributed by atoms with van der Waals surface area (Å²) in [7, 11) is 0. The van der Waals surface area contributed by atoms with Crippen molar-refractivity contribution in [2.45, 2.75) is 83.7 Å². The van der Waals surface area contributed by atoms with E-state index in [1.165, 1.54) is 44.9 Å². The molecule has 2 nitrogen and oxygen atoms in total. The second kappa shape index (κ2) is 8.60. The van der Waals surface area contributed by atoms with Gasteiger partial charge in [-0.2, -0.15) is 0 Å². The van der Waals surface area contributed by atoms with Crippen LogP contribution in [0.4, 0.5) is 0 Å². The van der Waals surface area contributed by atoms with Gasteiger partial charge in [-0.15, -0.1) is 0 Å². The lowest BCUT2D eigenvalue weighted by Gasteiger charge is -2.16. The minimum Gasteiger partial charge on any atom is -0.462 e. The maximum Gasteiger partial charge on any atom is 0.306 e. The quantitative estimate of drug-likeness (QED) is 0.518. The van der Waals surface area contributed by atoms with Crippen LogP contribution < -0.4 is 0 Å². The highest BCUT2D eigenvalue weighted by Gasteiger charge is 2.15. The molecule has 1 rings (SSSR count). The summed E-state index contributed by atoms with van der Waals surface area (Å²) < 4.78 is 5.51. The van der Waals surface area contributed by atoms with E-state index in [-0.39, 0.29) is 12.1 Å². The zero-order valence-corrected chi connectivity index (χ0v) is 10.7. The Labute approximate surface area is 99.8 Å². The summed E-state index contributed by atoms with van der Waals surface area (Å²) in [4.78, 5) is 11.5. The summed E-state index contributed by atoms with van der Waals surface area (Å²) >= 11 is 0. The Balaban J connectivity index is 2.22. The van der Waals surface area contributed by atoms with Crippen LogP contribution in [-0.4, -0.2) is 12.1 Å². The van der Waals surface area contributed by atoms with Gasteiger partial charge in [0.1, 0.15) is 6.10 Å². The van der Waals surface area contributed by atoms with Crippen LogP contribution in [0.1, 0.15) is 77.6 Å². The summed E-state index contributed by atoms with van der Waals surface area (Å²) in [5.74, 6) is 0.0300. The Kier molecular flexibility index (Phi) is 7.28. The number of unbranched alkanes of at least 4 members (excludes halogenated alkanes) is 3. The van der Waals surface area contributed by atoms with E-state index in [9.17, 15) is 4.79 Å². The molecular formula is C14H26O2. The average Bonchev–Trinajstić information content (AvgIpc) is 2.37. The Bertz CT molecular complexity index is 189. The Morgan fingerprint density at radius 3 is 2.75 bits per heavy atom. The Morgan fingerprint density at radius 2 is 1.94 bits per heavy atom. The first kappa shape index (κ1) is 13.5. The highest BCUT2D eigenvalue weighted by atomic mass is 16.5. The molecule has 1 heterocycles. The van der Waals surface area contributed by atoms with Gasteiger partial charge < -0.3 is 4.74 Å². The number of cyclic esters (lactones) is 1. The molecule has 0 aromatic rings. The van der Waals surface area contributed by atoms with Crippen molar-refractivity contribution in [3.05, 3.63) is 0 Å². The fourth-order valence-corrected chi connectivity index (χ4v) is 2.30. The van der Waals surface area contributed by atoms with Crippen LogP contribution in [-0.2, 0) is 9.53 Å². The molecule has 0 radical (unpaired) electrons. The van der Waals surface area contributed by atoms with Crippen molar-refractivity contribution >= 4 is 5.97 Å². The molecule has 0 amide bonds. The van der Waals surface area contributed by atoms with Gasteiger partial charge in [0.2, 0.25) is 0 Å². The standard InChI is InChI=1S/C14H26O2/c1-2-3-4-7-10-13-11-8-5-6-9-12-14(15)16-13/h13H,2-12H2,1H3. The van der Waals surface area contributed by atoms with Gasteiger partial charge in [-0.05, 0) is 32.1 Å². The first-order valence-corrected chi connectivity index (χ1v) is 7.02. The van der Waals surface area contributed by atoms with E-state index in [1.54, 1.807) is 0 Å². The van der Waals surface area contributed by atoms with Gasteiger partial charge in [0.25, 0.3) is 0 Å². The fourth-order valence-electron chi connectivity index (χ4n) is 2.30. The molecule has 0 N–H and O–H groups in total. The molecule has 1 fully saturated rings. The third-order valence-corrected chi connectivity index (χ3v) is 3.33. The zero-order valence-electron chi connectivity index (χ0n) is 10.7. The zero-order chi connectivity index (χ0) is 11.6. The van der Waals surface area contributed by atoms with E-state index in [4.69, 9.17) is 4.74 Å². The van der Waals surface area contributed by atoms with Crippen LogP contribution in [0.5, 0.6) is 0 Å². The molecule has 94 valence electrons. The summed E-state index contributed by atoms with van der Waals surface area (Å²) in [6, 6.07) is 0. The SMILES string of the molecule is CCCCCCC1CCCCCCC(=O)O1. The molecule has 0 aromatic heterocycles. The largest absolute Gasteiger partial charge is 0.462 e. The smallest absolute Gasteiger partial charge is 0.306 e. The number of hydrogen-bond donors (Lipinski definition) is 0. The van der Waals surface area contributed by atoms with Crippen molar-refractivity contribution < 1.29 is 9.53 Å². The van der Waals surface area contributed by atoms with Crippen molar-refractivity contribution in [3.8, 4) is 0 Å². The molecule has 0 aliphatic carbocycles. The maximum absolute atomic E-state index is 11.5. The van der Waals surface area contributed by atoms with Crippen LogP contribution >= 0.6 is 0 Å². The summed E-state index contributed by atoms with van der Waals surface area (Å²) in [6.07, 6.45) is 12.8. The highest BCUT2D eigenvalue weighted by Crippen LogP contribution is 2.18. The van der Waals surface area contributed by atoms with Gasteiger partial charge in [0.15, 0.2) is 0 Å². The number of ether oxygens (including phenoxy) is 1. The number of hydrogen-bond acceptors (Lipinski definition) is 2. The van der Waals surface area contributed by atoms with E-state index in [1.807, 2.05) is 0 Å². The van der Waals surface area contributed by atoms with Crippen LogP contribution in [0.15, 0.2) is 0 Å². The van der Waals surface area contributed by atoms with Crippen LogP contribution in [0.25, 0.3) is 0 Å². The number of carbonyl (C=O) groups excluding carboxylic acids is 1. The van der Waals surface area contributed by atoms with Crippen molar-refractivity contribution in [3.63, 3.8) is 0 Å². The lowest BCUT2D eigenvalue weighted by atomic mass is 10.0. The number of rotatable bonds is 5. The van der Waals surface area contributed by atoms with Gasteiger partial charge in [0.05, 0.1) is 0 Å².